The van der Waals surface area contributed by atoms with Crippen LogP contribution in [0, 0.1) is 0 Å². The number of anilines is 1. The first kappa shape index (κ1) is 16.7. The molecule has 0 radical (unpaired) electrons. The average Bonchev–Trinajstić information content (AvgIpc) is 2.63. The Kier molecular flexibility index (Phi) is 5.67. The fraction of sp³-hybridized carbons (Fsp3) is 0.421. The zero-order valence-corrected chi connectivity index (χ0v) is 14.1. The molecule has 3 rings (SSSR count). The van der Waals surface area contributed by atoms with Crippen molar-refractivity contribution in [3.8, 4) is 5.75 Å². The first-order chi connectivity index (χ1) is 11.7. The van der Waals surface area contributed by atoms with Gasteiger partial charge in [0.15, 0.2) is 0 Å². The highest BCUT2D eigenvalue weighted by Crippen LogP contribution is 2.17. The number of para-hydroxylation sites is 1. The molecule has 1 aromatic carbocycles. The number of benzene rings is 1. The van der Waals surface area contributed by atoms with Crippen molar-refractivity contribution < 1.29 is 9.84 Å². The normalized spacial score (nSPS) is 16.8. The summed E-state index contributed by atoms with van der Waals surface area (Å²) in [6.07, 6.45) is -0.527. The molecule has 1 N–H and O–H groups in total. The molecule has 0 bridgehead atoms. The second kappa shape index (κ2) is 8.13. The fourth-order valence-corrected chi connectivity index (χ4v) is 2.86. The Morgan fingerprint density at radius 3 is 2.50 bits per heavy atom. The lowest BCUT2D eigenvalue weighted by molar-refractivity contribution is 0.193. The Bertz CT molecular complexity index is 626. The van der Waals surface area contributed by atoms with Crippen molar-refractivity contribution >= 4 is 5.82 Å². The van der Waals surface area contributed by atoms with Crippen molar-refractivity contribution in [2.45, 2.75) is 13.0 Å². The van der Waals surface area contributed by atoms with E-state index in [4.69, 9.17) is 4.74 Å². The van der Waals surface area contributed by atoms with Gasteiger partial charge >= 0.3 is 0 Å². The summed E-state index contributed by atoms with van der Waals surface area (Å²) in [6, 6.07) is 15.8. The quantitative estimate of drug-likeness (QED) is 0.882. The topological polar surface area (TPSA) is 48.8 Å². The Labute approximate surface area is 143 Å². The molecule has 1 aliphatic rings. The van der Waals surface area contributed by atoms with Crippen molar-refractivity contribution in [2.24, 2.45) is 0 Å². The van der Waals surface area contributed by atoms with Gasteiger partial charge in [-0.3, -0.25) is 4.90 Å². The molecule has 1 aromatic heterocycles. The lowest BCUT2D eigenvalue weighted by Crippen LogP contribution is -2.47. The van der Waals surface area contributed by atoms with Gasteiger partial charge in [0.2, 0.25) is 0 Å². The van der Waals surface area contributed by atoms with E-state index in [1.165, 1.54) is 0 Å². The maximum atomic E-state index is 9.68. The molecule has 0 unspecified atom stereocenters. The molecular formula is C19H25N3O2. The van der Waals surface area contributed by atoms with Crippen molar-refractivity contribution in [2.75, 3.05) is 44.2 Å². The van der Waals surface area contributed by atoms with Gasteiger partial charge in [-0.25, -0.2) is 4.98 Å². The van der Waals surface area contributed by atoms with Gasteiger partial charge in [0.25, 0.3) is 0 Å². The van der Waals surface area contributed by atoms with Crippen LogP contribution in [-0.4, -0.2) is 54.3 Å². The molecule has 128 valence electrons. The predicted molar refractivity (Wildman–Crippen MR) is 95.5 cm³/mol. The third-order valence-electron chi connectivity index (χ3n) is 4.30. The summed E-state index contributed by atoms with van der Waals surface area (Å²) >= 11 is 0. The molecule has 1 atom stereocenters. The Balaban J connectivity index is 1.45. The van der Waals surface area contributed by atoms with E-state index in [-0.39, 0.29) is 0 Å². The van der Waals surface area contributed by atoms with E-state index < -0.39 is 6.10 Å². The van der Waals surface area contributed by atoms with Crippen LogP contribution >= 0.6 is 0 Å². The second-order valence-corrected chi connectivity index (χ2v) is 6.09. The summed E-state index contributed by atoms with van der Waals surface area (Å²) in [6.45, 7) is 7.28. The molecule has 2 aromatic rings. The molecule has 0 amide bonds. The SMILES string of the molecule is C[C@H](O)c1cccc(N2CCN(CCOc3ccccc3)CC2)n1. The third-order valence-corrected chi connectivity index (χ3v) is 4.30. The lowest BCUT2D eigenvalue weighted by atomic mass is 10.2. The summed E-state index contributed by atoms with van der Waals surface area (Å²) in [5.74, 6) is 1.88. The van der Waals surface area contributed by atoms with Crippen molar-refractivity contribution in [3.63, 3.8) is 0 Å². The average molecular weight is 327 g/mol. The van der Waals surface area contributed by atoms with Gasteiger partial charge in [-0.1, -0.05) is 24.3 Å². The molecular weight excluding hydrogens is 302 g/mol. The smallest absolute Gasteiger partial charge is 0.129 e. The van der Waals surface area contributed by atoms with Gasteiger partial charge in [0.1, 0.15) is 18.2 Å². The molecule has 5 heteroatoms. The number of pyridine rings is 1. The van der Waals surface area contributed by atoms with Crippen molar-refractivity contribution in [1.29, 1.82) is 0 Å². The molecule has 0 aliphatic carbocycles. The summed E-state index contributed by atoms with van der Waals surface area (Å²) < 4.78 is 5.77. The Morgan fingerprint density at radius 2 is 1.79 bits per heavy atom. The minimum Gasteiger partial charge on any atom is -0.492 e. The first-order valence-corrected chi connectivity index (χ1v) is 8.52. The van der Waals surface area contributed by atoms with Crippen molar-refractivity contribution in [3.05, 3.63) is 54.2 Å². The van der Waals surface area contributed by atoms with E-state index in [2.05, 4.69) is 14.8 Å². The van der Waals surface area contributed by atoms with Gasteiger partial charge in [0, 0.05) is 32.7 Å². The summed E-state index contributed by atoms with van der Waals surface area (Å²) in [5, 5.41) is 9.68. The van der Waals surface area contributed by atoms with Crippen LogP contribution in [0.15, 0.2) is 48.5 Å². The molecule has 1 aliphatic heterocycles. The monoisotopic (exact) mass is 327 g/mol. The molecule has 2 heterocycles. The molecule has 0 spiro atoms. The van der Waals surface area contributed by atoms with Crippen LogP contribution in [0.1, 0.15) is 18.7 Å². The highest BCUT2D eigenvalue weighted by molar-refractivity contribution is 5.40. The minimum atomic E-state index is -0.527. The van der Waals surface area contributed by atoms with E-state index in [0.29, 0.717) is 6.61 Å². The second-order valence-electron chi connectivity index (χ2n) is 6.09. The molecule has 5 nitrogen and oxygen atoms in total. The maximum Gasteiger partial charge on any atom is 0.129 e. The number of piperazine rings is 1. The van der Waals surface area contributed by atoms with Crippen LogP contribution in [0.5, 0.6) is 5.75 Å². The molecule has 24 heavy (non-hydrogen) atoms. The number of nitrogens with zero attached hydrogens (tertiary/aromatic N) is 3. The Morgan fingerprint density at radius 1 is 1.04 bits per heavy atom. The van der Waals surface area contributed by atoms with Crippen LogP contribution in [0.2, 0.25) is 0 Å². The van der Waals surface area contributed by atoms with E-state index >= 15 is 0 Å². The Hall–Kier alpha value is -2.11. The standard InChI is InChI=1S/C19H25N3O2/c1-16(23)18-8-5-9-19(20-18)22-12-10-21(11-13-22)14-15-24-17-6-3-2-4-7-17/h2-9,16,23H,10-15H2,1H3/t16-/m0/s1. The van der Waals surface area contributed by atoms with Gasteiger partial charge in [0.05, 0.1) is 11.8 Å². The van der Waals surface area contributed by atoms with E-state index in [1.54, 1.807) is 6.92 Å². The molecule has 1 saturated heterocycles. The van der Waals surface area contributed by atoms with E-state index in [1.807, 2.05) is 48.5 Å². The van der Waals surface area contributed by atoms with Crippen LogP contribution in [0.3, 0.4) is 0 Å². The minimum absolute atomic E-state index is 0.527. The van der Waals surface area contributed by atoms with Gasteiger partial charge in [-0.15, -0.1) is 0 Å². The summed E-state index contributed by atoms with van der Waals surface area (Å²) in [5.41, 5.74) is 0.728. The number of hydrogen-bond acceptors (Lipinski definition) is 5. The zero-order valence-electron chi connectivity index (χ0n) is 14.1. The van der Waals surface area contributed by atoms with Gasteiger partial charge in [-0.2, -0.15) is 0 Å². The highest BCUT2D eigenvalue weighted by atomic mass is 16.5. The third kappa shape index (κ3) is 4.46. The molecule has 1 fully saturated rings. The van der Waals surface area contributed by atoms with Gasteiger partial charge < -0.3 is 14.7 Å². The predicted octanol–water partition coefficient (Wildman–Crippen LogP) is 2.34. The molecule has 0 saturated carbocycles. The van der Waals surface area contributed by atoms with Crippen LogP contribution in [-0.2, 0) is 0 Å². The van der Waals surface area contributed by atoms with Crippen LogP contribution in [0.4, 0.5) is 5.82 Å². The van der Waals surface area contributed by atoms with Crippen LogP contribution in [0.25, 0.3) is 0 Å². The highest BCUT2D eigenvalue weighted by Gasteiger charge is 2.18. The number of hydrogen-bond donors (Lipinski definition) is 1. The van der Waals surface area contributed by atoms with Crippen LogP contribution < -0.4 is 9.64 Å². The number of ether oxygens (including phenoxy) is 1. The number of aliphatic hydroxyl groups is 1. The number of aromatic nitrogens is 1. The van der Waals surface area contributed by atoms with Crippen molar-refractivity contribution in [1.82, 2.24) is 9.88 Å². The van der Waals surface area contributed by atoms with E-state index in [0.717, 1.165) is 50.0 Å². The van der Waals surface area contributed by atoms with E-state index in [9.17, 15) is 5.11 Å². The van der Waals surface area contributed by atoms with Gasteiger partial charge in [-0.05, 0) is 31.2 Å². The number of rotatable bonds is 6. The maximum absolute atomic E-state index is 9.68. The lowest BCUT2D eigenvalue weighted by Gasteiger charge is -2.35. The zero-order chi connectivity index (χ0) is 16.8. The largest absolute Gasteiger partial charge is 0.492 e. The first-order valence-electron chi connectivity index (χ1n) is 8.52. The number of aliphatic hydroxyl groups excluding tert-OH is 1. The fourth-order valence-electron chi connectivity index (χ4n) is 2.86. The summed E-state index contributed by atoms with van der Waals surface area (Å²) in [4.78, 5) is 9.25. The summed E-state index contributed by atoms with van der Waals surface area (Å²) in [7, 11) is 0.